The van der Waals surface area contributed by atoms with Gasteiger partial charge in [-0.25, -0.2) is 9.13 Å². The van der Waals surface area contributed by atoms with Gasteiger partial charge in [0.15, 0.2) is 12.2 Å². The Morgan fingerprint density at radius 3 is 0.724 bits per heavy atom. The number of ether oxygens (including phenoxy) is 4. The fraction of sp³-hybridized carbons (Fsp3) is 0.953. The van der Waals surface area contributed by atoms with Crippen molar-refractivity contribution in [3.63, 3.8) is 0 Å². The highest BCUT2D eigenvalue weighted by molar-refractivity contribution is 7.47. The minimum absolute atomic E-state index is 0.107. The Labute approximate surface area is 645 Å². The maximum atomic E-state index is 13.1. The van der Waals surface area contributed by atoms with Crippen molar-refractivity contribution in [3.8, 4) is 0 Å². The summed E-state index contributed by atoms with van der Waals surface area (Å²) in [5.74, 6) is 0.402. The number of hydrogen-bond donors (Lipinski definition) is 3. The Hall–Kier alpha value is -1.94. The van der Waals surface area contributed by atoms with Crippen molar-refractivity contribution >= 4 is 39.5 Å². The van der Waals surface area contributed by atoms with E-state index in [0.29, 0.717) is 25.7 Å². The number of aliphatic hydroxyl groups is 1. The van der Waals surface area contributed by atoms with Gasteiger partial charge >= 0.3 is 39.5 Å². The third kappa shape index (κ3) is 77.2. The van der Waals surface area contributed by atoms with Crippen molar-refractivity contribution in [2.24, 2.45) is 17.8 Å². The summed E-state index contributed by atoms with van der Waals surface area (Å²) < 4.78 is 68.8. The molecule has 3 N–H and O–H groups in total. The van der Waals surface area contributed by atoms with Gasteiger partial charge < -0.3 is 33.8 Å². The molecule has 0 spiro atoms. The predicted octanol–water partition coefficient (Wildman–Crippen LogP) is 26.1. The third-order valence-corrected chi connectivity index (χ3v) is 22.8. The molecule has 0 aromatic heterocycles. The lowest BCUT2D eigenvalue weighted by atomic mass is 9.99. The number of esters is 4. The number of rotatable bonds is 84. The molecule has 4 unspecified atom stereocenters. The topological polar surface area (TPSA) is 237 Å². The third-order valence-electron chi connectivity index (χ3n) is 20.9. The van der Waals surface area contributed by atoms with Crippen LogP contribution in [-0.2, 0) is 65.4 Å². The highest BCUT2D eigenvalue weighted by Gasteiger charge is 2.30. The molecule has 0 aliphatic carbocycles. The molecule has 0 bridgehead atoms. The van der Waals surface area contributed by atoms with Crippen LogP contribution in [0.5, 0.6) is 0 Å². The average Bonchev–Trinajstić information content (AvgIpc) is 0.919. The van der Waals surface area contributed by atoms with Crippen LogP contribution in [0.1, 0.15) is 453 Å². The van der Waals surface area contributed by atoms with E-state index in [9.17, 15) is 43.2 Å². The van der Waals surface area contributed by atoms with Gasteiger partial charge in [-0.2, -0.15) is 0 Å². The van der Waals surface area contributed by atoms with Gasteiger partial charge in [0.05, 0.1) is 26.4 Å². The van der Waals surface area contributed by atoms with Crippen LogP contribution in [0.4, 0.5) is 0 Å². The van der Waals surface area contributed by atoms with Gasteiger partial charge in [-0.05, 0) is 43.4 Å². The van der Waals surface area contributed by atoms with Gasteiger partial charge in [0, 0.05) is 25.7 Å². The van der Waals surface area contributed by atoms with E-state index in [2.05, 4.69) is 48.5 Å². The summed E-state index contributed by atoms with van der Waals surface area (Å²) >= 11 is 0. The monoisotopic (exact) mass is 1540 g/mol. The molecular weight excluding hydrogens is 1370 g/mol. The summed E-state index contributed by atoms with van der Waals surface area (Å²) in [5, 5.41) is 10.7. The second-order valence-electron chi connectivity index (χ2n) is 31.9. The van der Waals surface area contributed by atoms with E-state index in [0.717, 1.165) is 108 Å². The zero-order valence-electron chi connectivity index (χ0n) is 69.2. The minimum Gasteiger partial charge on any atom is -0.462 e. The first-order valence-corrected chi connectivity index (χ1v) is 47.4. The number of unbranched alkanes of at least 4 members (excludes halogenated alkanes) is 50. The minimum atomic E-state index is -4.97. The second-order valence-corrected chi connectivity index (χ2v) is 34.8. The van der Waals surface area contributed by atoms with Crippen molar-refractivity contribution in [3.05, 3.63) is 0 Å². The SMILES string of the molecule is CCCCCCCCCCCC(=O)OC[C@H](COP(=O)(O)OC[C@H](O)COP(=O)(O)OC[C@@H](COC(=O)CCCCCCCCCCCCCCCCC(C)CC)OC(=O)CCCCCCCCCCCCCCCCCCCCC(C)CC)OC(=O)CCCCCCCCCCCCCCCC(C)C. The van der Waals surface area contributed by atoms with E-state index in [1.54, 1.807) is 0 Å². The van der Waals surface area contributed by atoms with Gasteiger partial charge in [-0.15, -0.1) is 0 Å². The number of carbonyl (C=O) groups is 4. The molecule has 0 radical (unpaired) electrons. The Morgan fingerprint density at radius 2 is 0.486 bits per heavy atom. The Bertz CT molecular complexity index is 2030. The Morgan fingerprint density at radius 1 is 0.276 bits per heavy atom. The molecule has 105 heavy (non-hydrogen) atoms. The van der Waals surface area contributed by atoms with E-state index in [1.807, 2.05) is 0 Å². The summed E-state index contributed by atoms with van der Waals surface area (Å²) in [6, 6.07) is 0. The summed E-state index contributed by atoms with van der Waals surface area (Å²) in [6.45, 7) is 12.1. The molecule has 0 aromatic carbocycles. The largest absolute Gasteiger partial charge is 0.472 e. The maximum absolute atomic E-state index is 13.1. The summed E-state index contributed by atoms with van der Waals surface area (Å²) in [6.07, 6.45) is 66.5. The standard InChI is InChI=1S/C86H168O17P2/c1-8-11-12-13-14-36-46-53-60-67-83(88)96-73-81(102-86(91)70-63-56-49-42-35-29-23-24-30-37-43-50-57-64-77(4)5)75-100-104(92,93)98-71-80(87)72-99-105(94,95)101-76-82(74-97-84(89)68-61-54-47-40-33-27-22-21-26-32-39-45-52-59-66-79(7)10-3)103-85(90)69-62-55-48-41-34-28-20-18-16-15-17-19-25-31-38-44-51-58-65-78(6)9-2/h77-82,87H,8-76H2,1-7H3,(H,92,93)(H,94,95)/t78?,79?,80-,81+,82+/m0/s1. The number of aliphatic hydroxyl groups excluding tert-OH is 1. The fourth-order valence-electron chi connectivity index (χ4n) is 13.3. The first kappa shape index (κ1) is 103. The second kappa shape index (κ2) is 76.1. The molecule has 0 amide bonds. The van der Waals surface area contributed by atoms with Crippen LogP contribution in [0.2, 0.25) is 0 Å². The number of phosphoric acid groups is 2. The van der Waals surface area contributed by atoms with Gasteiger partial charge in [-0.1, -0.05) is 402 Å². The van der Waals surface area contributed by atoms with Gasteiger partial charge in [-0.3, -0.25) is 37.3 Å². The van der Waals surface area contributed by atoms with Crippen LogP contribution < -0.4 is 0 Å². The number of hydrogen-bond acceptors (Lipinski definition) is 15. The molecule has 0 saturated carbocycles. The Kier molecular flexibility index (Phi) is 74.7. The lowest BCUT2D eigenvalue weighted by molar-refractivity contribution is -0.161. The van der Waals surface area contributed by atoms with Crippen LogP contribution >= 0.6 is 15.6 Å². The fourth-order valence-corrected chi connectivity index (χ4v) is 14.9. The molecule has 0 aromatic rings. The molecule has 17 nitrogen and oxygen atoms in total. The highest BCUT2D eigenvalue weighted by Crippen LogP contribution is 2.45. The highest BCUT2D eigenvalue weighted by atomic mass is 31.2. The molecule has 0 fully saturated rings. The van der Waals surface area contributed by atoms with Gasteiger partial charge in [0.2, 0.25) is 0 Å². The quantitative estimate of drug-likeness (QED) is 0.0222. The van der Waals surface area contributed by atoms with Crippen molar-refractivity contribution in [2.75, 3.05) is 39.6 Å². The molecule has 0 aliphatic heterocycles. The zero-order chi connectivity index (χ0) is 77.2. The first-order valence-electron chi connectivity index (χ1n) is 44.4. The Balaban J connectivity index is 5.21. The molecule has 7 atom stereocenters. The van der Waals surface area contributed by atoms with Crippen LogP contribution in [-0.4, -0.2) is 96.7 Å². The molecule has 0 saturated heterocycles. The van der Waals surface area contributed by atoms with Crippen molar-refractivity contribution in [1.82, 2.24) is 0 Å². The summed E-state index contributed by atoms with van der Waals surface area (Å²) in [5.41, 5.74) is 0. The number of carbonyl (C=O) groups excluding carboxylic acids is 4. The van der Waals surface area contributed by atoms with Gasteiger partial charge in [0.1, 0.15) is 19.3 Å². The average molecular weight is 1540 g/mol. The van der Waals surface area contributed by atoms with Crippen LogP contribution in [0, 0.1) is 17.8 Å². The molecule has 0 rings (SSSR count). The van der Waals surface area contributed by atoms with E-state index in [4.69, 9.17) is 37.0 Å². The van der Waals surface area contributed by atoms with Crippen LogP contribution in [0.25, 0.3) is 0 Å². The van der Waals surface area contributed by atoms with E-state index >= 15 is 0 Å². The van der Waals surface area contributed by atoms with E-state index in [-0.39, 0.29) is 25.7 Å². The number of phosphoric ester groups is 2. The van der Waals surface area contributed by atoms with E-state index < -0.39 is 97.5 Å². The molecule has 0 aliphatic rings. The summed E-state index contributed by atoms with van der Waals surface area (Å²) in [7, 11) is -9.93. The smallest absolute Gasteiger partial charge is 0.462 e. The molecule has 19 heteroatoms. The predicted molar refractivity (Wildman–Crippen MR) is 432 cm³/mol. The summed E-state index contributed by atoms with van der Waals surface area (Å²) in [4.78, 5) is 73.2. The molecule has 0 heterocycles. The van der Waals surface area contributed by atoms with E-state index in [1.165, 1.54) is 263 Å². The van der Waals surface area contributed by atoms with Crippen molar-refractivity contribution < 1.29 is 80.2 Å². The van der Waals surface area contributed by atoms with Gasteiger partial charge in [0.25, 0.3) is 0 Å². The van der Waals surface area contributed by atoms with Crippen molar-refractivity contribution in [1.29, 1.82) is 0 Å². The van der Waals surface area contributed by atoms with Crippen molar-refractivity contribution in [2.45, 2.75) is 471 Å². The molecule has 624 valence electrons. The normalized spacial score (nSPS) is 14.4. The molecular formula is C86H168O17P2. The lowest BCUT2D eigenvalue weighted by Gasteiger charge is -2.21. The van der Waals surface area contributed by atoms with Crippen LogP contribution in [0.15, 0.2) is 0 Å². The van der Waals surface area contributed by atoms with Crippen LogP contribution in [0.3, 0.4) is 0 Å². The zero-order valence-corrected chi connectivity index (χ0v) is 71.0. The lowest BCUT2D eigenvalue weighted by Crippen LogP contribution is -2.30. The first-order chi connectivity index (χ1) is 50.8. The maximum Gasteiger partial charge on any atom is 0.472 e.